The lowest BCUT2D eigenvalue weighted by Gasteiger charge is -2.28. The zero-order valence-electron chi connectivity index (χ0n) is 20.1. The maximum absolute atomic E-state index is 13.5. The number of nitrogens with zero attached hydrogens (tertiary/aromatic N) is 3. The van der Waals surface area contributed by atoms with Crippen LogP contribution in [0, 0.1) is 18.8 Å². The molecule has 2 aromatic carbocycles. The Balaban J connectivity index is 1.36. The fourth-order valence-electron chi connectivity index (χ4n) is 5.20. The number of nitrogens with one attached hydrogen (secondary N) is 1. The Kier molecular flexibility index (Phi) is 6.02. The first-order valence-electron chi connectivity index (χ1n) is 12.1. The molecule has 178 valence electrons. The number of hydrogen-bond donors (Lipinski definition) is 1. The number of imidazole rings is 1. The van der Waals surface area contributed by atoms with E-state index in [0.29, 0.717) is 26.1 Å². The van der Waals surface area contributed by atoms with Gasteiger partial charge in [-0.1, -0.05) is 19.1 Å². The topological polar surface area (TPSA) is 78.5 Å². The zero-order valence-corrected chi connectivity index (χ0v) is 20.1. The predicted molar refractivity (Wildman–Crippen MR) is 131 cm³/mol. The van der Waals surface area contributed by atoms with Gasteiger partial charge >= 0.3 is 0 Å². The minimum Gasteiger partial charge on any atom is -0.491 e. The van der Waals surface area contributed by atoms with Crippen molar-refractivity contribution in [1.82, 2.24) is 19.8 Å². The van der Waals surface area contributed by atoms with Crippen LogP contribution in [0.5, 0.6) is 5.75 Å². The number of aryl methyl sites for hydroxylation is 1. The van der Waals surface area contributed by atoms with E-state index in [4.69, 9.17) is 4.74 Å². The van der Waals surface area contributed by atoms with Gasteiger partial charge < -0.3 is 19.5 Å². The number of hydrogen-bond acceptors (Lipinski definition) is 4. The Bertz CT molecular complexity index is 1230. The number of ether oxygens (including phenoxy) is 1. The first-order valence-corrected chi connectivity index (χ1v) is 12.1. The van der Waals surface area contributed by atoms with E-state index in [1.807, 2.05) is 37.9 Å². The highest BCUT2D eigenvalue weighted by atomic mass is 16.5. The average Bonchev–Trinajstić information content (AvgIpc) is 2.97. The van der Waals surface area contributed by atoms with E-state index in [1.165, 1.54) is 0 Å². The Morgan fingerprint density at radius 2 is 1.94 bits per heavy atom. The number of H-pyrrole nitrogens is 1. The van der Waals surface area contributed by atoms with Gasteiger partial charge in [-0.3, -0.25) is 9.59 Å². The van der Waals surface area contributed by atoms with Crippen LogP contribution in [-0.2, 0) is 16.1 Å². The number of aromatic nitrogens is 2. The van der Waals surface area contributed by atoms with Crippen molar-refractivity contribution < 1.29 is 14.3 Å². The highest BCUT2D eigenvalue weighted by Crippen LogP contribution is 2.32. The molecule has 34 heavy (non-hydrogen) atoms. The molecule has 2 aliphatic rings. The minimum absolute atomic E-state index is 0.116. The molecule has 3 heterocycles. The zero-order chi connectivity index (χ0) is 23.8. The Morgan fingerprint density at radius 3 is 2.79 bits per heavy atom. The molecule has 0 bridgehead atoms. The summed E-state index contributed by atoms with van der Waals surface area (Å²) in [6.45, 7) is 6.28. The van der Waals surface area contributed by atoms with Crippen LogP contribution in [0.1, 0.15) is 37.6 Å². The van der Waals surface area contributed by atoms with E-state index in [1.54, 1.807) is 4.90 Å². The van der Waals surface area contributed by atoms with Gasteiger partial charge in [-0.05, 0) is 61.1 Å². The number of aromatic amines is 1. The molecule has 7 nitrogen and oxygen atoms in total. The first-order chi connectivity index (χ1) is 16.4. The largest absolute Gasteiger partial charge is 0.491 e. The first kappa shape index (κ1) is 22.4. The van der Waals surface area contributed by atoms with Gasteiger partial charge in [0.1, 0.15) is 18.2 Å². The monoisotopic (exact) mass is 460 g/mol. The van der Waals surface area contributed by atoms with Crippen molar-refractivity contribution in [3.05, 3.63) is 47.8 Å². The summed E-state index contributed by atoms with van der Waals surface area (Å²) in [5.74, 6) is 2.17. The second-order valence-corrected chi connectivity index (χ2v) is 9.68. The van der Waals surface area contributed by atoms with E-state index in [2.05, 4.69) is 34.2 Å². The molecule has 5 rings (SSSR count). The predicted octanol–water partition coefficient (Wildman–Crippen LogP) is 4.15. The number of likely N-dealkylation sites (tertiary alicyclic amines) is 1. The third-order valence-electron chi connectivity index (χ3n) is 7.37. The molecule has 2 aliphatic heterocycles. The fourth-order valence-corrected chi connectivity index (χ4v) is 5.20. The normalized spacial score (nSPS) is 19.9. The minimum atomic E-state index is -0.116. The lowest BCUT2D eigenvalue weighted by molar-refractivity contribution is -0.137. The van der Waals surface area contributed by atoms with Crippen molar-refractivity contribution in [3.8, 4) is 16.9 Å². The molecule has 2 unspecified atom stereocenters. The molecule has 7 heteroatoms. The van der Waals surface area contributed by atoms with E-state index in [9.17, 15) is 9.59 Å². The van der Waals surface area contributed by atoms with Crippen molar-refractivity contribution >= 4 is 22.8 Å². The number of fused-ring (bicyclic) bond motifs is 2. The SMILES string of the molecule is Cc1nc2ccc(-c3ccc4c(c3)CN(C(=O)C(C)C3CCC(=O)N(C)CC3)CCO4)cc2[nH]1. The summed E-state index contributed by atoms with van der Waals surface area (Å²) in [5, 5.41) is 0. The van der Waals surface area contributed by atoms with E-state index in [-0.39, 0.29) is 23.7 Å². The summed E-state index contributed by atoms with van der Waals surface area (Å²) < 4.78 is 6.01. The van der Waals surface area contributed by atoms with Crippen LogP contribution in [0.3, 0.4) is 0 Å². The van der Waals surface area contributed by atoms with Crippen LogP contribution in [0.15, 0.2) is 36.4 Å². The van der Waals surface area contributed by atoms with Crippen molar-refractivity contribution in [3.63, 3.8) is 0 Å². The Hall–Kier alpha value is -3.35. The number of rotatable bonds is 3. The molecule has 0 radical (unpaired) electrons. The number of carbonyl (C=O) groups excluding carboxylic acids is 2. The van der Waals surface area contributed by atoms with Gasteiger partial charge in [-0.25, -0.2) is 4.98 Å². The number of amides is 2. The van der Waals surface area contributed by atoms with Crippen molar-refractivity contribution in [2.75, 3.05) is 26.7 Å². The van der Waals surface area contributed by atoms with Gasteiger partial charge in [0.15, 0.2) is 0 Å². The average molecular weight is 461 g/mol. The summed E-state index contributed by atoms with van der Waals surface area (Å²) in [6.07, 6.45) is 2.17. The smallest absolute Gasteiger partial charge is 0.226 e. The van der Waals surface area contributed by atoms with Crippen LogP contribution in [0.25, 0.3) is 22.2 Å². The van der Waals surface area contributed by atoms with Gasteiger partial charge in [0.05, 0.1) is 17.6 Å². The molecule has 1 N–H and O–H groups in total. The molecule has 2 amide bonds. The molecule has 1 saturated heterocycles. The highest BCUT2D eigenvalue weighted by Gasteiger charge is 2.32. The standard InChI is InChI=1S/C27H32N4O3/c1-17(19-6-9-26(32)30(3)11-10-19)27(33)31-12-13-34-25-8-5-20(14-22(25)16-31)21-4-7-23-24(15-21)29-18(2)28-23/h4-5,7-8,14-15,17,19H,6,9-13,16H2,1-3H3,(H,28,29). The third-order valence-corrected chi connectivity index (χ3v) is 7.37. The maximum atomic E-state index is 13.5. The van der Waals surface area contributed by atoms with Crippen LogP contribution < -0.4 is 4.74 Å². The highest BCUT2D eigenvalue weighted by molar-refractivity contribution is 5.83. The molecular formula is C27H32N4O3. The van der Waals surface area contributed by atoms with Crippen molar-refractivity contribution in [1.29, 1.82) is 0 Å². The molecule has 0 spiro atoms. The lowest BCUT2D eigenvalue weighted by Crippen LogP contribution is -2.39. The van der Waals surface area contributed by atoms with Crippen molar-refractivity contribution in [2.24, 2.45) is 11.8 Å². The number of benzene rings is 2. The molecule has 3 aromatic rings. The summed E-state index contributed by atoms with van der Waals surface area (Å²) in [6, 6.07) is 12.4. The lowest BCUT2D eigenvalue weighted by atomic mass is 9.86. The van der Waals surface area contributed by atoms with Gasteiger partial charge in [0, 0.05) is 38.0 Å². The Morgan fingerprint density at radius 1 is 1.15 bits per heavy atom. The van der Waals surface area contributed by atoms with Crippen LogP contribution in [0.4, 0.5) is 0 Å². The molecule has 1 fully saturated rings. The van der Waals surface area contributed by atoms with Gasteiger partial charge in [-0.15, -0.1) is 0 Å². The molecule has 2 atom stereocenters. The van der Waals surface area contributed by atoms with Gasteiger partial charge in [0.25, 0.3) is 0 Å². The van der Waals surface area contributed by atoms with Crippen molar-refractivity contribution in [2.45, 2.75) is 39.7 Å². The summed E-state index contributed by atoms with van der Waals surface area (Å²) in [5.41, 5.74) is 5.17. The summed E-state index contributed by atoms with van der Waals surface area (Å²) in [7, 11) is 1.85. The molecule has 0 aliphatic carbocycles. The van der Waals surface area contributed by atoms with E-state index in [0.717, 1.165) is 58.7 Å². The van der Waals surface area contributed by atoms with Gasteiger partial charge in [0.2, 0.25) is 11.8 Å². The van der Waals surface area contributed by atoms with Crippen LogP contribution >= 0.6 is 0 Å². The fraction of sp³-hybridized carbons (Fsp3) is 0.444. The quantitative estimate of drug-likeness (QED) is 0.637. The second-order valence-electron chi connectivity index (χ2n) is 9.68. The summed E-state index contributed by atoms with van der Waals surface area (Å²) in [4.78, 5) is 37.1. The number of carbonyl (C=O) groups is 2. The second kappa shape index (κ2) is 9.12. The Labute approximate surface area is 200 Å². The third kappa shape index (κ3) is 4.39. The molecule has 0 saturated carbocycles. The van der Waals surface area contributed by atoms with E-state index >= 15 is 0 Å². The van der Waals surface area contributed by atoms with Crippen LogP contribution in [-0.4, -0.2) is 58.3 Å². The van der Waals surface area contributed by atoms with Crippen LogP contribution in [0.2, 0.25) is 0 Å². The molecular weight excluding hydrogens is 428 g/mol. The summed E-state index contributed by atoms with van der Waals surface area (Å²) >= 11 is 0. The van der Waals surface area contributed by atoms with E-state index < -0.39 is 0 Å². The molecule has 1 aromatic heterocycles. The van der Waals surface area contributed by atoms with Gasteiger partial charge in [-0.2, -0.15) is 0 Å². The maximum Gasteiger partial charge on any atom is 0.226 e.